The van der Waals surface area contributed by atoms with Crippen molar-refractivity contribution in [1.29, 1.82) is 0 Å². The maximum atomic E-state index is 6.08. The fraction of sp³-hybridized carbons (Fsp3) is 1.00. The molecule has 2 N–H and O–H groups in total. The summed E-state index contributed by atoms with van der Waals surface area (Å²) in [6.07, 6.45) is 3.87. The Kier molecular flexibility index (Phi) is 3.19. The number of nitrogens with two attached hydrogens (primary N) is 1. The summed E-state index contributed by atoms with van der Waals surface area (Å²) < 4.78 is 5.40. The third kappa shape index (κ3) is 2.93. The lowest BCUT2D eigenvalue weighted by molar-refractivity contribution is 0.140. The highest BCUT2D eigenvalue weighted by atomic mass is 16.5. The van der Waals surface area contributed by atoms with Gasteiger partial charge in [0.05, 0.1) is 6.61 Å². The maximum Gasteiger partial charge on any atom is 0.0593 e. The van der Waals surface area contributed by atoms with Crippen molar-refractivity contribution >= 4 is 0 Å². The van der Waals surface area contributed by atoms with Crippen LogP contribution in [0, 0.1) is 5.92 Å². The second-order valence-corrected chi connectivity index (χ2v) is 4.27. The lowest BCUT2D eigenvalue weighted by Crippen LogP contribution is -2.40. The van der Waals surface area contributed by atoms with E-state index in [2.05, 4.69) is 4.90 Å². The number of hydrogen-bond donors (Lipinski definition) is 1. The molecule has 76 valence electrons. The van der Waals surface area contributed by atoms with Gasteiger partial charge in [0.15, 0.2) is 0 Å². The van der Waals surface area contributed by atoms with Crippen LogP contribution < -0.4 is 5.73 Å². The van der Waals surface area contributed by atoms with E-state index in [-0.39, 0.29) is 0 Å². The average Bonchev–Trinajstić information content (AvgIpc) is 2.92. The minimum atomic E-state index is 0.415. The van der Waals surface area contributed by atoms with Crippen molar-refractivity contribution in [3.8, 4) is 0 Å². The third-order valence-electron chi connectivity index (χ3n) is 3.01. The van der Waals surface area contributed by atoms with E-state index in [1.807, 2.05) is 0 Å². The van der Waals surface area contributed by atoms with Gasteiger partial charge in [0, 0.05) is 32.3 Å². The normalized spacial score (nSPS) is 28.4. The molecule has 2 aliphatic rings. The Balaban J connectivity index is 1.71. The molecule has 1 aliphatic heterocycles. The van der Waals surface area contributed by atoms with Crippen LogP contribution in [0.4, 0.5) is 0 Å². The van der Waals surface area contributed by atoms with E-state index in [0.717, 1.165) is 38.6 Å². The highest BCUT2D eigenvalue weighted by Crippen LogP contribution is 2.31. The van der Waals surface area contributed by atoms with E-state index in [0.29, 0.717) is 6.04 Å². The van der Waals surface area contributed by atoms with Crippen LogP contribution in [-0.2, 0) is 4.74 Å². The third-order valence-corrected chi connectivity index (χ3v) is 3.01. The predicted molar refractivity (Wildman–Crippen MR) is 52.6 cm³/mol. The molecule has 1 unspecified atom stereocenters. The molecule has 0 amide bonds. The van der Waals surface area contributed by atoms with Crippen LogP contribution in [0.15, 0.2) is 0 Å². The summed E-state index contributed by atoms with van der Waals surface area (Å²) in [6, 6.07) is 0.415. The first-order valence-corrected chi connectivity index (χ1v) is 5.42. The molecule has 0 bridgehead atoms. The standard InChI is InChI=1S/C10H20N2O/c11-10(9-2-3-9)8-12-4-1-6-13-7-5-12/h9-10H,1-8,11H2. The summed E-state index contributed by atoms with van der Waals surface area (Å²) in [4.78, 5) is 2.45. The Morgan fingerprint density at radius 3 is 2.92 bits per heavy atom. The van der Waals surface area contributed by atoms with Gasteiger partial charge in [-0.2, -0.15) is 0 Å². The smallest absolute Gasteiger partial charge is 0.0593 e. The highest BCUT2D eigenvalue weighted by molar-refractivity contribution is 4.86. The zero-order chi connectivity index (χ0) is 9.10. The number of hydrogen-bond acceptors (Lipinski definition) is 3. The average molecular weight is 184 g/mol. The van der Waals surface area contributed by atoms with Crippen molar-refractivity contribution in [2.24, 2.45) is 11.7 Å². The Labute approximate surface area is 80.2 Å². The first-order valence-electron chi connectivity index (χ1n) is 5.42. The van der Waals surface area contributed by atoms with Crippen molar-refractivity contribution in [3.63, 3.8) is 0 Å². The summed E-state index contributed by atoms with van der Waals surface area (Å²) in [5, 5.41) is 0. The molecule has 3 nitrogen and oxygen atoms in total. The Morgan fingerprint density at radius 2 is 2.15 bits per heavy atom. The van der Waals surface area contributed by atoms with Crippen LogP contribution in [0.2, 0.25) is 0 Å². The van der Waals surface area contributed by atoms with Crippen LogP contribution in [0.1, 0.15) is 19.3 Å². The van der Waals surface area contributed by atoms with E-state index in [1.165, 1.54) is 19.4 Å². The molecule has 2 fully saturated rings. The lowest BCUT2D eigenvalue weighted by Gasteiger charge is -2.22. The van der Waals surface area contributed by atoms with Crippen molar-refractivity contribution in [1.82, 2.24) is 4.90 Å². The lowest BCUT2D eigenvalue weighted by atomic mass is 10.2. The van der Waals surface area contributed by atoms with Gasteiger partial charge in [-0.15, -0.1) is 0 Å². The first-order chi connectivity index (χ1) is 6.36. The molecule has 0 aromatic rings. The van der Waals surface area contributed by atoms with Crippen molar-refractivity contribution in [2.45, 2.75) is 25.3 Å². The molecule has 3 heteroatoms. The van der Waals surface area contributed by atoms with E-state index >= 15 is 0 Å². The van der Waals surface area contributed by atoms with Crippen molar-refractivity contribution < 1.29 is 4.74 Å². The monoisotopic (exact) mass is 184 g/mol. The summed E-state index contributed by atoms with van der Waals surface area (Å²) in [7, 11) is 0. The van der Waals surface area contributed by atoms with E-state index in [4.69, 9.17) is 10.5 Å². The van der Waals surface area contributed by atoms with Gasteiger partial charge in [0.25, 0.3) is 0 Å². The fourth-order valence-electron chi connectivity index (χ4n) is 1.95. The summed E-state index contributed by atoms with van der Waals surface area (Å²) in [6.45, 7) is 5.13. The topological polar surface area (TPSA) is 38.5 Å². The molecule has 13 heavy (non-hydrogen) atoms. The van der Waals surface area contributed by atoms with Gasteiger partial charge in [-0.25, -0.2) is 0 Å². The molecule has 0 aromatic carbocycles. The number of ether oxygens (including phenoxy) is 1. The van der Waals surface area contributed by atoms with Gasteiger partial charge >= 0.3 is 0 Å². The summed E-state index contributed by atoms with van der Waals surface area (Å²) >= 11 is 0. The van der Waals surface area contributed by atoms with Crippen LogP contribution in [0.5, 0.6) is 0 Å². The zero-order valence-corrected chi connectivity index (χ0v) is 8.24. The summed E-state index contributed by atoms with van der Waals surface area (Å²) in [5.41, 5.74) is 6.08. The molecule has 1 heterocycles. The minimum Gasteiger partial charge on any atom is -0.380 e. The Hall–Kier alpha value is -0.120. The van der Waals surface area contributed by atoms with E-state index in [1.54, 1.807) is 0 Å². The van der Waals surface area contributed by atoms with Crippen molar-refractivity contribution in [3.05, 3.63) is 0 Å². The van der Waals surface area contributed by atoms with Gasteiger partial charge in [-0.3, -0.25) is 4.90 Å². The molecule has 0 aromatic heterocycles. The summed E-state index contributed by atoms with van der Waals surface area (Å²) in [5.74, 6) is 0.823. The Morgan fingerprint density at radius 1 is 1.31 bits per heavy atom. The molecule has 2 rings (SSSR count). The van der Waals surface area contributed by atoms with Gasteiger partial charge in [-0.05, 0) is 25.2 Å². The minimum absolute atomic E-state index is 0.415. The highest BCUT2D eigenvalue weighted by Gasteiger charge is 2.29. The van der Waals surface area contributed by atoms with Gasteiger partial charge in [-0.1, -0.05) is 0 Å². The van der Waals surface area contributed by atoms with Crippen LogP contribution in [-0.4, -0.2) is 43.8 Å². The zero-order valence-electron chi connectivity index (χ0n) is 8.24. The number of nitrogens with zero attached hydrogens (tertiary/aromatic N) is 1. The quantitative estimate of drug-likeness (QED) is 0.692. The van der Waals surface area contributed by atoms with Crippen LogP contribution in [0.25, 0.3) is 0 Å². The number of rotatable bonds is 3. The molecule has 1 saturated heterocycles. The van der Waals surface area contributed by atoms with Crippen LogP contribution >= 0.6 is 0 Å². The van der Waals surface area contributed by atoms with Gasteiger partial charge < -0.3 is 10.5 Å². The van der Waals surface area contributed by atoms with Gasteiger partial charge in [0.2, 0.25) is 0 Å². The second kappa shape index (κ2) is 4.40. The van der Waals surface area contributed by atoms with Gasteiger partial charge in [0.1, 0.15) is 0 Å². The Bertz CT molecular complexity index is 151. The van der Waals surface area contributed by atoms with E-state index in [9.17, 15) is 0 Å². The maximum absolute atomic E-state index is 6.08. The molecule has 1 saturated carbocycles. The first kappa shape index (κ1) is 9.44. The largest absolute Gasteiger partial charge is 0.380 e. The molecular formula is C10H20N2O. The van der Waals surface area contributed by atoms with E-state index < -0.39 is 0 Å². The van der Waals surface area contributed by atoms with Crippen LogP contribution in [0.3, 0.4) is 0 Å². The molecule has 1 atom stereocenters. The SMILES string of the molecule is NC(CN1CCCOCC1)C1CC1. The molecule has 0 radical (unpaired) electrons. The predicted octanol–water partition coefficient (Wildman–Crippen LogP) is 0.446. The molecular weight excluding hydrogens is 164 g/mol. The molecule has 0 spiro atoms. The molecule has 1 aliphatic carbocycles. The second-order valence-electron chi connectivity index (χ2n) is 4.27. The fourth-order valence-corrected chi connectivity index (χ4v) is 1.95. The van der Waals surface area contributed by atoms with Crippen molar-refractivity contribution in [2.75, 3.05) is 32.8 Å².